The van der Waals surface area contributed by atoms with Crippen molar-refractivity contribution in [2.45, 2.75) is 96.9 Å². The van der Waals surface area contributed by atoms with Crippen LogP contribution in [0.5, 0.6) is 0 Å². The topological polar surface area (TPSA) is 17.1 Å². The quantitative estimate of drug-likeness (QED) is 0.156. The molecule has 0 bridgehead atoms. The number of hydrogen-bond acceptors (Lipinski definition) is 4. The van der Waals surface area contributed by atoms with Gasteiger partial charge in [0, 0.05) is 52.2 Å². The molecule has 6 heteroatoms. The SMILES string of the molecule is C/C(=C\C(/C=C(\C)C(C)(C)C)=C(c1ccc(C(=C2C=C(C(C)(C)C)C(=O)C(C(C)(C)C)=C2)c2sc3ccccc3c2Cl)s1)c1sc2ccccc2c1Cl)C(C)(C)C. The minimum atomic E-state index is -0.361. The van der Waals surface area contributed by atoms with Gasteiger partial charge in [0.25, 0.3) is 0 Å². The van der Waals surface area contributed by atoms with E-state index in [1.165, 1.54) is 11.1 Å². The zero-order chi connectivity index (χ0) is 42.0. The summed E-state index contributed by atoms with van der Waals surface area (Å²) in [6, 6.07) is 21.3. The molecule has 2 aromatic carbocycles. The molecule has 0 fully saturated rings. The van der Waals surface area contributed by atoms with Gasteiger partial charge >= 0.3 is 0 Å². The zero-order valence-corrected chi connectivity index (χ0v) is 39.9. The number of rotatable bonds is 6. The molecule has 0 unspecified atom stereocenters. The summed E-state index contributed by atoms with van der Waals surface area (Å²) in [6.07, 6.45) is 9.00. The summed E-state index contributed by atoms with van der Waals surface area (Å²) in [5, 5.41) is 3.60. The van der Waals surface area contributed by atoms with Crippen molar-refractivity contribution in [2.24, 2.45) is 21.7 Å². The summed E-state index contributed by atoms with van der Waals surface area (Å²) in [5.74, 6) is 0.115. The number of Topliss-reactive ketones (excluding diaryl/α,β-unsaturated/α-hetero) is 1. The standard InChI is InChI=1S/C51H56Cl2OS3/c1-29(48(3,4)5)25-31(26-30(2)49(6,7)8)41(46-43(52)33-19-15-17-21-37(33)56-46)39-23-24-40(55-39)42(47-44(53)34-20-16-18-22-38(34)57-47)32-27-35(50(9,10)11)45(54)36(28-32)51(12,13)14/h15-28H,1-14H3/b29-25+,30-26+. The predicted molar refractivity (Wildman–Crippen MR) is 257 cm³/mol. The van der Waals surface area contributed by atoms with Gasteiger partial charge in [-0.25, -0.2) is 0 Å². The maximum absolute atomic E-state index is 14.2. The summed E-state index contributed by atoms with van der Waals surface area (Å²) in [6.45, 7) is 30.9. The van der Waals surface area contributed by atoms with E-state index in [4.69, 9.17) is 23.2 Å². The normalized spacial score (nSPS) is 15.1. The number of ketones is 1. The van der Waals surface area contributed by atoms with E-state index in [0.29, 0.717) is 0 Å². The largest absolute Gasteiger partial charge is 0.289 e. The van der Waals surface area contributed by atoms with Crippen LogP contribution in [0.2, 0.25) is 10.0 Å². The van der Waals surface area contributed by atoms with E-state index in [0.717, 1.165) is 83.2 Å². The van der Waals surface area contributed by atoms with Crippen LogP contribution >= 0.6 is 57.2 Å². The molecular formula is C51H56Cl2OS3. The van der Waals surface area contributed by atoms with Crippen LogP contribution in [0, 0.1) is 21.7 Å². The van der Waals surface area contributed by atoms with Gasteiger partial charge in [-0.15, -0.1) is 34.0 Å². The monoisotopic (exact) mass is 850 g/mol. The van der Waals surface area contributed by atoms with Crippen LogP contribution < -0.4 is 0 Å². The molecule has 0 amide bonds. The highest BCUT2D eigenvalue weighted by molar-refractivity contribution is 7.22. The lowest BCUT2D eigenvalue weighted by Gasteiger charge is -2.32. The Morgan fingerprint density at radius 3 is 1.42 bits per heavy atom. The first-order valence-corrected chi connectivity index (χ1v) is 22.9. The van der Waals surface area contributed by atoms with Crippen LogP contribution in [-0.4, -0.2) is 5.78 Å². The maximum Gasteiger partial charge on any atom is 0.186 e. The Morgan fingerprint density at radius 1 is 0.561 bits per heavy atom. The number of hydrogen-bond donors (Lipinski definition) is 0. The predicted octanol–water partition coefficient (Wildman–Crippen LogP) is 17.6. The minimum Gasteiger partial charge on any atom is -0.289 e. The third-order valence-electron chi connectivity index (χ3n) is 11.0. The van der Waals surface area contributed by atoms with Gasteiger partial charge < -0.3 is 0 Å². The van der Waals surface area contributed by atoms with E-state index in [-0.39, 0.29) is 27.4 Å². The molecular weight excluding hydrogens is 796 g/mol. The van der Waals surface area contributed by atoms with Crippen molar-refractivity contribution in [1.29, 1.82) is 0 Å². The molecule has 1 nitrogen and oxygen atoms in total. The molecule has 0 radical (unpaired) electrons. The molecule has 0 spiro atoms. The Kier molecular flexibility index (Phi) is 12.0. The Labute approximate surface area is 363 Å². The van der Waals surface area contributed by atoms with Crippen molar-refractivity contribution >= 4 is 94.3 Å². The van der Waals surface area contributed by atoms with Gasteiger partial charge in [0.2, 0.25) is 0 Å². The Bertz CT molecular complexity index is 2520. The fourth-order valence-corrected chi connectivity index (χ4v) is 11.2. The van der Waals surface area contributed by atoms with Crippen molar-refractivity contribution in [1.82, 2.24) is 0 Å². The molecule has 57 heavy (non-hydrogen) atoms. The number of carbonyl (C=O) groups is 1. The Hall–Kier alpha value is -3.25. The fourth-order valence-electron chi connectivity index (χ4n) is 6.70. The second kappa shape index (κ2) is 15.7. The van der Waals surface area contributed by atoms with Crippen LogP contribution in [-0.2, 0) is 4.79 Å². The van der Waals surface area contributed by atoms with Gasteiger partial charge in [-0.1, -0.05) is 166 Å². The molecule has 6 rings (SSSR count). The summed E-state index contributed by atoms with van der Waals surface area (Å²) in [4.78, 5) is 18.5. The molecule has 3 heterocycles. The summed E-state index contributed by atoms with van der Waals surface area (Å²) < 4.78 is 2.29. The van der Waals surface area contributed by atoms with Crippen molar-refractivity contribution in [3.8, 4) is 0 Å². The third-order valence-corrected chi connectivity index (χ3v) is 15.5. The lowest BCUT2D eigenvalue weighted by molar-refractivity contribution is -0.114. The average Bonchev–Trinajstić information content (AvgIpc) is 3.80. The second-order valence-electron chi connectivity index (χ2n) is 19.4. The smallest absolute Gasteiger partial charge is 0.186 e. The number of allylic oxidation sites excluding steroid dienone is 10. The summed E-state index contributed by atoms with van der Waals surface area (Å²) >= 11 is 20.1. The molecule has 1 aliphatic rings. The molecule has 0 saturated carbocycles. The fraction of sp³-hybridized carbons (Fsp3) is 0.353. The van der Waals surface area contributed by atoms with E-state index in [1.54, 1.807) is 34.0 Å². The van der Waals surface area contributed by atoms with Crippen LogP contribution in [0.4, 0.5) is 0 Å². The maximum atomic E-state index is 14.2. The van der Waals surface area contributed by atoms with Crippen molar-refractivity contribution < 1.29 is 4.79 Å². The highest BCUT2D eigenvalue weighted by Gasteiger charge is 2.36. The number of fused-ring (bicyclic) bond motifs is 2. The van der Waals surface area contributed by atoms with Crippen molar-refractivity contribution in [3.05, 3.63) is 148 Å². The van der Waals surface area contributed by atoms with Crippen LogP contribution in [0.25, 0.3) is 31.3 Å². The number of benzene rings is 2. The first kappa shape index (κ1) is 43.3. The first-order chi connectivity index (χ1) is 26.4. The van der Waals surface area contributed by atoms with Gasteiger partial charge in [-0.3, -0.25) is 4.79 Å². The van der Waals surface area contributed by atoms with Crippen molar-refractivity contribution in [3.63, 3.8) is 0 Å². The zero-order valence-electron chi connectivity index (χ0n) is 36.0. The van der Waals surface area contributed by atoms with Gasteiger partial charge in [0.05, 0.1) is 19.8 Å². The molecule has 5 aromatic rings. The van der Waals surface area contributed by atoms with Crippen LogP contribution in [0.1, 0.15) is 116 Å². The van der Waals surface area contributed by atoms with Crippen LogP contribution in [0.15, 0.2) is 118 Å². The average molecular weight is 852 g/mol. The second-order valence-corrected chi connectivity index (χ2v) is 23.4. The molecule has 0 aliphatic heterocycles. The number of thiophene rings is 3. The number of halogens is 2. The van der Waals surface area contributed by atoms with E-state index < -0.39 is 0 Å². The lowest BCUT2D eigenvalue weighted by Crippen LogP contribution is -2.28. The molecule has 1 aliphatic carbocycles. The Balaban J connectivity index is 1.76. The highest BCUT2D eigenvalue weighted by atomic mass is 35.5. The van der Waals surface area contributed by atoms with E-state index >= 15 is 0 Å². The summed E-state index contributed by atoms with van der Waals surface area (Å²) in [5.41, 5.74) is 7.69. The minimum absolute atomic E-state index is 0.0352. The van der Waals surface area contributed by atoms with Crippen molar-refractivity contribution in [2.75, 3.05) is 0 Å². The van der Waals surface area contributed by atoms with Gasteiger partial charge in [-0.05, 0) is 83.1 Å². The third kappa shape index (κ3) is 8.87. The first-order valence-electron chi connectivity index (χ1n) is 19.7. The molecule has 0 N–H and O–H groups in total. The molecule has 0 atom stereocenters. The van der Waals surface area contributed by atoms with E-state index in [9.17, 15) is 4.79 Å². The summed E-state index contributed by atoms with van der Waals surface area (Å²) in [7, 11) is 0. The van der Waals surface area contributed by atoms with E-state index in [2.05, 4.69) is 176 Å². The van der Waals surface area contributed by atoms with Gasteiger partial charge in [0.15, 0.2) is 5.78 Å². The highest BCUT2D eigenvalue weighted by Crippen LogP contribution is 2.51. The molecule has 298 valence electrons. The van der Waals surface area contributed by atoms with Gasteiger partial charge in [-0.2, -0.15) is 0 Å². The van der Waals surface area contributed by atoms with Crippen LogP contribution in [0.3, 0.4) is 0 Å². The Morgan fingerprint density at radius 2 is 0.982 bits per heavy atom. The molecule has 3 aromatic heterocycles. The lowest BCUT2D eigenvalue weighted by atomic mass is 9.71. The molecule has 0 saturated heterocycles. The van der Waals surface area contributed by atoms with Gasteiger partial charge in [0.1, 0.15) is 0 Å². The van der Waals surface area contributed by atoms with E-state index in [1.807, 2.05) is 6.07 Å². The number of carbonyl (C=O) groups excluding carboxylic acids is 1.